The highest BCUT2D eigenvalue weighted by Gasteiger charge is 2.29. The zero-order chi connectivity index (χ0) is 20.9. The second-order valence-electron chi connectivity index (χ2n) is 7.78. The lowest BCUT2D eigenvalue weighted by molar-refractivity contribution is -0.136. The summed E-state index contributed by atoms with van der Waals surface area (Å²) in [4.78, 5) is 21.6. The van der Waals surface area contributed by atoms with Gasteiger partial charge in [0.2, 0.25) is 17.6 Å². The molecule has 3 aromatic rings. The highest BCUT2D eigenvalue weighted by Crippen LogP contribution is 2.23. The molecule has 7 heteroatoms. The van der Waals surface area contributed by atoms with Gasteiger partial charge in [-0.05, 0) is 37.1 Å². The van der Waals surface area contributed by atoms with E-state index in [-0.39, 0.29) is 11.8 Å². The van der Waals surface area contributed by atoms with Gasteiger partial charge in [-0.25, -0.2) is 0 Å². The average molecular weight is 469 g/mol. The molecule has 0 bridgehead atoms. The Hall–Kier alpha value is -2.51. The Kier molecular flexibility index (Phi) is 6.59. The molecule has 1 saturated heterocycles. The van der Waals surface area contributed by atoms with Crippen molar-refractivity contribution in [1.29, 1.82) is 0 Å². The van der Waals surface area contributed by atoms with E-state index in [1.165, 1.54) is 0 Å². The van der Waals surface area contributed by atoms with Crippen LogP contribution < -0.4 is 0 Å². The molecular formula is C23H25BrN4O2. The average Bonchev–Trinajstić information content (AvgIpc) is 3.22. The summed E-state index contributed by atoms with van der Waals surface area (Å²) in [7, 11) is 1.89. The third-order valence-corrected chi connectivity index (χ3v) is 5.90. The van der Waals surface area contributed by atoms with Gasteiger partial charge in [0.15, 0.2) is 0 Å². The Bertz CT molecular complexity index is 992. The van der Waals surface area contributed by atoms with Crippen LogP contribution in [0.5, 0.6) is 0 Å². The molecule has 1 unspecified atom stereocenters. The van der Waals surface area contributed by atoms with Gasteiger partial charge in [-0.2, -0.15) is 4.98 Å². The number of amides is 1. The third kappa shape index (κ3) is 5.15. The Labute approximate surface area is 185 Å². The highest BCUT2D eigenvalue weighted by molar-refractivity contribution is 9.10. The molecule has 156 valence electrons. The number of hydrogen-bond acceptors (Lipinski definition) is 5. The first-order valence-electron chi connectivity index (χ1n) is 10.2. The smallest absolute Gasteiger partial charge is 0.241 e. The first-order valence-corrected chi connectivity index (χ1v) is 11.0. The van der Waals surface area contributed by atoms with E-state index in [0.29, 0.717) is 31.3 Å². The van der Waals surface area contributed by atoms with Crippen molar-refractivity contribution in [1.82, 2.24) is 19.9 Å². The van der Waals surface area contributed by atoms with E-state index in [4.69, 9.17) is 4.52 Å². The van der Waals surface area contributed by atoms with Crippen LogP contribution in [0, 0.1) is 5.92 Å². The van der Waals surface area contributed by atoms with E-state index >= 15 is 0 Å². The summed E-state index contributed by atoms with van der Waals surface area (Å²) in [5.41, 5.74) is 2.06. The van der Waals surface area contributed by atoms with E-state index in [9.17, 15) is 4.79 Å². The minimum atomic E-state index is -0.0000622. The predicted molar refractivity (Wildman–Crippen MR) is 118 cm³/mol. The Morgan fingerprint density at radius 2 is 2.07 bits per heavy atom. The summed E-state index contributed by atoms with van der Waals surface area (Å²) < 4.78 is 6.45. The normalized spacial score (nSPS) is 17.1. The number of carbonyl (C=O) groups excluding carboxylic acids is 1. The molecule has 1 aromatic heterocycles. The SMILES string of the molecule is CN(Cc1ccccc1)C(=O)C1CCCN(Cc2nc(-c3cccc(Br)c3)no2)C1. The van der Waals surface area contributed by atoms with Crippen molar-refractivity contribution in [2.45, 2.75) is 25.9 Å². The van der Waals surface area contributed by atoms with Crippen molar-refractivity contribution in [3.8, 4) is 11.4 Å². The van der Waals surface area contributed by atoms with E-state index in [0.717, 1.165) is 35.0 Å². The Morgan fingerprint density at radius 3 is 2.87 bits per heavy atom. The van der Waals surface area contributed by atoms with Gasteiger partial charge in [-0.3, -0.25) is 9.69 Å². The van der Waals surface area contributed by atoms with Crippen LogP contribution in [0.15, 0.2) is 63.6 Å². The van der Waals surface area contributed by atoms with Crippen molar-refractivity contribution in [2.75, 3.05) is 20.1 Å². The minimum absolute atomic E-state index is 0.0000622. The number of rotatable bonds is 6. The van der Waals surface area contributed by atoms with Crippen molar-refractivity contribution >= 4 is 21.8 Å². The van der Waals surface area contributed by atoms with Crippen molar-refractivity contribution < 1.29 is 9.32 Å². The summed E-state index contributed by atoms with van der Waals surface area (Å²) in [5.74, 6) is 1.36. The monoisotopic (exact) mass is 468 g/mol. The number of nitrogens with zero attached hydrogens (tertiary/aromatic N) is 4. The Morgan fingerprint density at radius 1 is 1.23 bits per heavy atom. The molecule has 0 radical (unpaired) electrons. The number of likely N-dealkylation sites (tertiary alicyclic amines) is 1. The number of piperidine rings is 1. The molecule has 0 N–H and O–H groups in total. The van der Waals surface area contributed by atoms with Crippen molar-refractivity contribution in [3.05, 3.63) is 70.5 Å². The molecule has 4 rings (SSSR count). The summed E-state index contributed by atoms with van der Waals surface area (Å²) in [6.45, 7) is 2.84. The molecule has 1 atom stereocenters. The zero-order valence-electron chi connectivity index (χ0n) is 17.0. The predicted octanol–water partition coefficient (Wildman–Crippen LogP) is 4.37. The first-order chi connectivity index (χ1) is 14.6. The zero-order valence-corrected chi connectivity index (χ0v) is 18.6. The van der Waals surface area contributed by atoms with Crippen LogP contribution in [0.1, 0.15) is 24.3 Å². The Balaban J connectivity index is 1.35. The van der Waals surface area contributed by atoms with Gasteiger partial charge < -0.3 is 9.42 Å². The molecule has 30 heavy (non-hydrogen) atoms. The molecule has 2 aromatic carbocycles. The molecule has 2 heterocycles. The molecule has 0 spiro atoms. The fraction of sp³-hybridized carbons (Fsp3) is 0.348. The summed E-state index contributed by atoms with van der Waals surface area (Å²) in [5, 5.41) is 4.11. The summed E-state index contributed by atoms with van der Waals surface area (Å²) in [6.07, 6.45) is 1.91. The second-order valence-corrected chi connectivity index (χ2v) is 8.69. The second kappa shape index (κ2) is 9.53. The molecule has 1 amide bonds. The number of halogens is 1. The number of carbonyl (C=O) groups is 1. The van der Waals surface area contributed by atoms with Gasteiger partial charge in [0.05, 0.1) is 12.5 Å². The summed E-state index contributed by atoms with van der Waals surface area (Å²) >= 11 is 3.47. The minimum Gasteiger partial charge on any atom is -0.341 e. The van der Waals surface area contributed by atoms with E-state index in [1.807, 2.05) is 54.4 Å². The van der Waals surface area contributed by atoms with Crippen LogP contribution in [-0.2, 0) is 17.9 Å². The largest absolute Gasteiger partial charge is 0.341 e. The molecule has 1 aliphatic heterocycles. The summed E-state index contributed by atoms with van der Waals surface area (Å²) in [6, 6.07) is 17.9. The lowest BCUT2D eigenvalue weighted by Gasteiger charge is -2.33. The van der Waals surface area contributed by atoms with Crippen LogP contribution in [0.3, 0.4) is 0 Å². The van der Waals surface area contributed by atoms with Crippen LogP contribution in [0.25, 0.3) is 11.4 Å². The fourth-order valence-electron chi connectivity index (χ4n) is 3.90. The van der Waals surface area contributed by atoms with Crippen LogP contribution >= 0.6 is 15.9 Å². The van der Waals surface area contributed by atoms with E-state index in [2.05, 4.69) is 43.1 Å². The van der Waals surface area contributed by atoms with Crippen molar-refractivity contribution in [3.63, 3.8) is 0 Å². The van der Waals surface area contributed by atoms with Gasteiger partial charge in [0.25, 0.3) is 0 Å². The standard InChI is InChI=1S/C23H25BrN4O2/c1-27(14-17-7-3-2-4-8-17)23(29)19-10-6-12-28(15-19)16-21-25-22(26-30-21)18-9-5-11-20(24)13-18/h2-5,7-9,11,13,19H,6,10,12,14-16H2,1H3. The van der Waals surface area contributed by atoms with E-state index < -0.39 is 0 Å². The molecule has 1 aliphatic rings. The maximum Gasteiger partial charge on any atom is 0.241 e. The quantitative estimate of drug-likeness (QED) is 0.537. The molecule has 1 fully saturated rings. The number of aromatic nitrogens is 2. The number of benzene rings is 2. The number of hydrogen-bond donors (Lipinski definition) is 0. The van der Waals surface area contributed by atoms with Gasteiger partial charge in [0.1, 0.15) is 0 Å². The van der Waals surface area contributed by atoms with E-state index in [1.54, 1.807) is 0 Å². The van der Waals surface area contributed by atoms with Gasteiger partial charge in [0, 0.05) is 30.2 Å². The van der Waals surface area contributed by atoms with Gasteiger partial charge >= 0.3 is 0 Å². The molecular weight excluding hydrogens is 444 g/mol. The molecule has 0 saturated carbocycles. The highest BCUT2D eigenvalue weighted by atomic mass is 79.9. The van der Waals surface area contributed by atoms with Crippen LogP contribution in [-0.4, -0.2) is 46.0 Å². The van der Waals surface area contributed by atoms with Gasteiger partial charge in [-0.15, -0.1) is 0 Å². The fourth-order valence-corrected chi connectivity index (χ4v) is 4.30. The van der Waals surface area contributed by atoms with Crippen LogP contribution in [0.4, 0.5) is 0 Å². The van der Waals surface area contributed by atoms with Crippen LogP contribution in [0.2, 0.25) is 0 Å². The first kappa shape index (κ1) is 20.8. The van der Waals surface area contributed by atoms with Gasteiger partial charge in [-0.1, -0.05) is 63.6 Å². The topological polar surface area (TPSA) is 62.5 Å². The van der Waals surface area contributed by atoms with Crippen molar-refractivity contribution in [2.24, 2.45) is 5.92 Å². The lowest BCUT2D eigenvalue weighted by Crippen LogP contribution is -2.43. The maximum atomic E-state index is 13.0. The lowest BCUT2D eigenvalue weighted by atomic mass is 9.96. The molecule has 0 aliphatic carbocycles. The third-order valence-electron chi connectivity index (χ3n) is 5.40. The molecule has 6 nitrogen and oxygen atoms in total. The maximum absolute atomic E-state index is 13.0.